The summed E-state index contributed by atoms with van der Waals surface area (Å²) in [4.78, 5) is 0. The van der Waals surface area contributed by atoms with Gasteiger partial charge in [0.05, 0.1) is 0 Å². The van der Waals surface area contributed by atoms with Gasteiger partial charge in [0.25, 0.3) is 8.85 Å². The molecule has 0 radical (unpaired) electrons. The summed E-state index contributed by atoms with van der Waals surface area (Å²) in [6, 6.07) is 0. The van der Waals surface area contributed by atoms with Gasteiger partial charge in [0, 0.05) is 0 Å². The molecule has 0 bridgehead atoms. The van der Waals surface area contributed by atoms with Crippen molar-refractivity contribution in [3.05, 3.63) is 0 Å². The van der Waals surface area contributed by atoms with Crippen molar-refractivity contribution in [2.75, 3.05) is 0 Å². The van der Waals surface area contributed by atoms with Crippen LogP contribution in [0.2, 0.25) is 0 Å². The van der Waals surface area contributed by atoms with Gasteiger partial charge in [-0.05, 0) is 11.6 Å². The van der Waals surface area contributed by atoms with Gasteiger partial charge in [-0.3, -0.25) is 4.74 Å². The first-order valence-corrected chi connectivity index (χ1v) is 5.94. The van der Waals surface area contributed by atoms with Crippen LogP contribution in [0.15, 0.2) is 0 Å². The van der Waals surface area contributed by atoms with Crippen molar-refractivity contribution >= 4 is 81.2 Å². The number of rotatable bonds is 2. The highest BCUT2D eigenvalue weighted by atomic mass is 35.6. The molecule has 1 saturated carbocycles. The molecule has 2 atom stereocenters. The molecule has 0 aromatic rings. The Bertz CT molecular complexity index is 298. The Labute approximate surface area is 123 Å². The number of hydrogen-bond donors (Lipinski definition) is 0. The molecule has 96 valence electrons. The molecular formula is C5Cl7F3O. The van der Waals surface area contributed by atoms with Gasteiger partial charge >= 0.3 is 11.2 Å². The largest absolute Gasteiger partial charge is 0.336 e. The normalized spacial score (nSPS) is 35.6. The van der Waals surface area contributed by atoms with Gasteiger partial charge in [0.2, 0.25) is 4.33 Å². The molecule has 11 heteroatoms. The predicted molar refractivity (Wildman–Crippen MR) is 59.0 cm³/mol. The summed E-state index contributed by atoms with van der Waals surface area (Å²) in [7, 11) is 0. The summed E-state index contributed by atoms with van der Waals surface area (Å²) in [6.45, 7) is 0. The average Bonchev–Trinajstić information content (AvgIpc) is 2.25. The molecule has 1 aliphatic carbocycles. The highest BCUT2D eigenvalue weighted by Crippen LogP contribution is 2.74. The van der Waals surface area contributed by atoms with Crippen molar-refractivity contribution in [1.29, 1.82) is 0 Å². The smallest absolute Gasteiger partial charge is 0.298 e. The fourth-order valence-electron chi connectivity index (χ4n) is 0.726. The van der Waals surface area contributed by atoms with Gasteiger partial charge in [0.15, 0.2) is 0 Å². The van der Waals surface area contributed by atoms with Crippen LogP contribution < -0.4 is 0 Å². The van der Waals surface area contributed by atoms with E-state index in [0.29, 0.717) is 0 Å². The van der Waals surface area contributed by atoms with Crippen LogP contribution in [-0.2, 0) is 4.74 Å². The Kier molecular flexibility index (Phi) is 3.85. The molecule has 0 aromatic heterocycles. The molecule has 0 aliphatic heterocycles. The van der Waals surface area contributed by atoms with Gasteiger partial charge in [-0.1, -0.05) is 69.6 Å². The maximum Gasteiger partial charge on any atom is 0.336 e. The molecule has 1 nitrogen and oxygen atoms in total. The number of ether oxygens (including phenoxy) is 1. The van der Waals surface area contributed by atoms with E-state index in [1.165, 1.54) is 0 Å². The molecule has 0 spiro atoms. The summed E-state index contributed by atoms with van der Waals surface area (Å²) in [6.07, 6.45) is 0. The minimum absolute atomic E-state index is 2.86. The number of alkyl halides is 10. The zero-order chi connectivity index (χ0) is 13.2. The van der Waals surface area contributed by atoms with E-state index in [-0.39, 0.29) is 0 Å². The zero-order valence-electron chi connectivity index (χ0n) is 6.69. The molecule has 16 heavy (non-hydrogen) atoms. The molecule has 0 amide bonds. The van der Waals surface area contributed by atoms with E-state index >= 15 is 0 Å². The highest BCUT2D eigenvalue weighted by molar-refractivity contribution is 6.70. The third-order valence-electron chi connectivity index (χ3n) is 1.74. The molecule has 1 fully saturated rings. The van der Waals surface area contributed by atoms with Crippen LogP contribution >= 0.6 is 81.2 Å². The van der Waals surface area contributed by atoms with Crippen molar-refractivity contribution in [3.63, 3.8) is 0 Å². The van der Waals surface area contributed by atoms with E-state index in [2.05, 4.69) is 4.74 Å². The Morgan fingerprint density at radius 1 is 0.938 bits per heavy atom. The van der Waals surface area contributed by atoms with E-state index in [0.717, 1.165) is 0 Å². The quantitative estimate of drug-likeness (QED) is 0.613. The summed E-state index contributed by atoms with van der Waals surface area (Å²) < 4.78 is 37.7. The van der Waals surface area contributed by atoms with Crippen LogP contribution in [0.5, 0.6) is 0 Å². The summed E-state index contributed by atoms with van der Waals surface area (Å²) in [5.41, 5.74) is 0. The van der Waals surface area contributed by atoms with Crippen molar-refractivity contribution in [3.8, 4) is 0 Å². The second-order valence-electron chi connectivity index (χ2n) is 2.86. The molecular weight excluding hydrogens is 381 g/mol. The van der Waals surface area contributed by atoms with Crippen LogP contribution in [0, 0.1) is 0 Å². The van der Waals surface area contributed by atoms with Crippen LogP contribution in [0.3, 0.4) is 0 Å². The first-order chi connectivity index (χ1) is 6.71. The van der Waals surface area contributed by atoms with E-state index in [4.69, 9.17) is 81.2 Å². The van der Waals surface area contributed by atoms with Crippen molar-refractivity contribution in [2.45, 2.75) is 24.4 Å². The Balaban J connectivity index is 2.94. The highest BCUT2D eigenvalue weighted by Gasteiger charge is 2.95. The second-order valence-corrected chi connectivity index (χ2v) is 7.49. The molecule has 1 rings (SSSR count). The van der Waals surface area contributed by atoms with Crippen molar-refractivity contribution in [2.24, 2.45) is 0 Å². The van der Waals surface area contributed by atoms with Gasteiger partial charge < -0.3 is 0 Å². The summed E-state index contributed by atoms with van der Waals surface area (Å²) >= 11 is 35.5. The van der Waals surface area contributed by atoms with Crippen molar-refractivity contribution in [1.82, 2.24) is 0 Å². The van der Waals surface area contributed by atoms with Crippen LogP contribution in [0.4, 0.5) is 13.2 Å². The number of hydrogen-bond acceptors (Lipinski definition) is 1. The lowest BCUT2D eigenvalue weighted by atomic mass is 10.7. The lowest BCUT2D eigenvalue weighted by Gasteiger charge is -2.27. The zero-order valence-corrected chi connectivity index (χ0v) is 12.0. The Morgan fingerprint density at radius 3 is 1.44 bits per heavy atom. The molecule has 2 unspecified atom stereocenters. The van der Waals surface area contributed by atoms with Crippen LogP contribution in [-0.4, -0.2) is 24.4 Å². The first-order valence-electron chi connectivity index (χ1n) is 3.30. The summed E-state index contributed by atoms with van der Waals surface area (Å²) in [5.74, 6) is -3.95. The first kappa shape index (κ1) is 15.8. The van der Waals surface area contributed by atoms with Crippen LogP contribution in [0.1, 0.15) is 0 Å². The topological polar surface area (TPSA) is 9.23 Å². The monoisotopic (exact) mass is 378 g/mol. The molecule has 0 saturated heterocycles. The lowest BCUT2D eigenvalue weighted by Crippen LogP contribution is -2.40. The predicted octanol–water partition coefficient (Wildman–Crippen LogP) is 4.99. The minimum atomic E-state index is -3.95. The molecule has 0 heterocycles. The van der Waals surface area contributed by atoms with Gasteiger partial charge in [-0.25, -0.2) is 0 Å². The third-order valence-corrected chi connectivity index (χ3v) is 4.92. The molecule has 0 N–H and O–H groups in total. The second kappa shape index (κ2) is 3.89. The third kappa shape index (κ3) is 1.97. The van der Waals surface area contributed by atoms with Gasteiger partial charge in [0.1, 0.15) is 0 Å². The van der Waals surface area contributed by atoms with E-state index in [9.17, 15) is 13.2 Å². The maximum atomic E-state index is 13.4. The maximum absolute atomic E-state index is 13.4. The van der Waals surface area contributed by atoms with Crippen molar-refractivity contribution < 1.29 is 17.9 Å². The summed E-state index contributed by atoms with van der Waals surface area (Å²) in [5, 5.41) is -6.72. The standard InChI is InChI=1S/C5Cl7F3O/c6-1(7)2(8,3(1,13)14)16-5(12,15)4(9,10)11. The SMILES string of the molecule is FC(Cl)(OC1(Cl)C(F)(F)C1(Cl)Cl)C(Cl)(Cl)Cl. The molecule has 1 aliphatic rings. The number of halogens is 10. The molecule has 0 aromatic carbocycles. The average molecular weight is 381 g/mol. The Morgan fingerprint density at radius 2 is 1.25 bits per heavy atom. The lowest BCUT2D eigenvalue weighted by molar-refractivity contribution is -0.131. The van der Waals surface area contributed by atoms with E-state index < -0.39 is 24.4 Å². The van der Waals surface area contributed by atoms with Crippen LogP contribution in [0.25, 0.3) is 0 Å². The van der Waals surface area contributed by atoms with Gasteiger partial charge in [-0.2, -0.15) is 13.2 Å². The minimum Gasteiger partial charge on any atom is -0.298 e. The fourth-order valence-corrected chi connectivity index (χ4v) is 1.90. The van der Waals surface area contributed by atoms with E-state index in [1.807, 2.05) is 0 Å². The van der Waals surface area contributed by atoms with Gasteiger partial charge in [-0.15, -0.1) is 0 Å². The Hall–Kier alpha value is 1.78. The van der Waals surface area contributed by atoms with E-state index in [1.54, 1.807) is 0 Å². The fraction of sp³-hybridized carbons (Fsp3) is 1.00.